The lowest BCUT2D eigenvalue weighted by atomic mass is 10.1. The van der Waals surface area contributed by atoms with Gasteiger partial charge in [0.15, 0.2) is 0 Å². The first-order chi connectivity index (χ1) is 13.1. The van der Waals surface area contributed by atoms with Crippen LogP contribution in [0.1, 0.15) is 0 Å². The Balaban J connectivity index is 1.60. The van der Waals surface area contributed by atoms with Crippen LogP contribution in [-0.4, -0.2) is 15.5 Å². The first kappa shape index (κ1) is 17.6. The summed E-state index contributed by atoms with van der Waals surface area (Å²) in [7, 11) is 0. The molecule has 0 aliphatic carbocycles. The molecular weight excluding hydrogens is 426 g/mol. The van der Waals surface area contributed by atoms with Crippen molar-refractivity contribution in [3.63, 3.8) is 0 Å². The van der Waals surface area contributed by atoms with Gasteiger partial charge in [0.25, 0.3) is 5.56 Å². The molecule has 0 unspecified atom stereocenters. The third-order valence-corrected chi connectivity index (χ3v) is 5.56. The number of amides is 1. The Hall–Kier alpha value is -2.77. The minimum Gasteiger partial charge on any atom is -0.325 e. The molecule has 0 atom stereocenters. The molecule has 27 heavy (non-hydrogen) atoms. The quantitative estimate of drug-likeness (QED) is 0.508. The molecule has 2 heterocycles. The predicted octanol–water partition coefficient (Wildman–Crippen LogP) is 4.53. The number of nitrogens with zero attached hydrogens (tertiary/aromatic N) is 2. The van der Waals surface area contributed by atoms with Gasteiger partial charge in [0.1, 0.15) is 11.2 Å². The number of hydrogen-bond acceptors (Lipinski definition) is 4. The number of thiophene rings is 1. The summed E-state index contributed by atoms with van der Waals surface area (Å²) in [6.07, 6.45) is 1.44. The van der Waals surface area contributed by atoms with Gasteiger partial charge in [0.05, 0.1) is 11.8 Å². The number of nitrogens with one attached hydrogen (secondary N) is 1. The molecule has 0 saturated heterocycles. The van der Waals surface area contributed by atoms with Crippen LogP contribution in [0, 0.1) is 0 Å². The normalized spacial score (nSPS) is 10.9. The van der Waals surface area contributed by atoms with E-state index in [-0.39, 0.29) is 18.0 Å². The maximum Gasteiger partial charge on any atom is 0.271 e. The molecule has 5 nitrogen and oxygen atoms in total. The number of carbonyl (C=O) groups excluding carboxylic acids is 1. The van der Waals surface area contributed by atoms with E-state index in [1.807, 2.05) is 47.8 Å². The molecule has 0 aliphatic rings. The van der Waals surface area contributed by atoms with Gasteiger partial charge in [-0.25, -0.2) is 4.98 Å². The smallest absolute Gasteiger partial charge is 0.271 e. The van der Waals surface area contributed by atoms with Crippen molar-refractivity contribution in [2.75, 3.05) is 5.32 Å². The molecule has 0 spiro atoms. The van der Waals surface area contributed by atoms with Crippen LogP contribution < -0.4 is 10.9 Å². The predicted molar refractivity (Wildman–Crippen MR) is 112 cm³/mol. The summed E-state index contributed by atoms with van der Waals surface area (Å²) in [5.41, 5.74) is 3.08. The Morgan fingerprint density at radius 2 is 1.85 bits per heavy atom. The number of anilines is 1. The largest absolute Gasteiger partial charge is 0.325 e. The van der Waals surface area contributed by atoms with E-state index in [4.69, 9.17) is 0 Å². The van der Waals surface area contributed by atoms with Gasteiger partial charge in [-0.3, -0.25) is 14.2 Å². The van der Waals surface area contributed by atoms with E-state index in [1.54, 1.807) is 12.1 Å². The first-order valence-corrected chi connectivity index (χ1v) is 9.86. The van der Waals surface area contributed by atoms with Crippen molar-refractivity contribution in [2.24, 2.45) is 0 Å². The number of hydrogen-bond donors (Lipinski definition) is 1. The van der Waals surface area contributed by atoms with E-state index in [1.165, 1.54) is 22.2 Å². The molecule has 2 aromatic heterocycles. The van der Waals surface area contributed by atoms with E-state index in [0.717, 1.165) is 15.6 Å². The number of aromatic nitrogens is 2. The van der Waals surface area contributed by atoms with Crippen molar-refractivity contribution < 1.29 is 4.79 Å². The van der Waals surface area contributed by atoms with Crippen LogP contribution >= 0.6 is 27.3 Å². The van der Waals surface area contributed by atoms with Crippen molar-refractivity contribution in [2.45, 2.75) is 6.54 Å². The Morgan fingerprint density at radius 3 is 2.59 bits per heavy atom. The third kappa shape index (κ3) is 3.70. The second-order valence-electron chi connectivity index (χ2n) is 5.93. The summed E-state index contributed by atoms with van der Waals surface area (Å²) >= 11 is 4.70. The highest BCUT2D eigenvalue weighted by atomic mass is 79.9. The maximum absolute atomic E-state index is 12.8. The van der Waals surface area contributed by atoms with Crippen LogP contribution in [0.25, 0.3) is 21.3 Å². The van der Waals surface area contributed by atoms with E-state index in [2.05, 4.69) is 26.2 Å². The second kappa shape index (κ2) is 7.46. The summed E-state index contributed by atoms with van der Waals surface area (Å²) in [5, 5.41) is 4.71. The van der Waals surface area contributed by atoms with Crippen LogP contribution in [-0.2, 0) is 11.3 Å². The molecule has 2 aromatic carbocycles. The Morgan fingerprint density at radius 1 is 1.11 bits per heavy atom. The Bertz CT molecular complexity index is 1170. The SMILES string of the molecule is O=C(Cn1cnc2c(-c3ccccc3)csc2c1=O)Nc1ccc(Br)cc1. The average Bonchev–Trinajstić information content (AvgIpc) is 3.11. The molecule has 0 fully saturated rings. The topological polar surface area (TPSA) is 64.0 Å². The number of halogens is 1. The van der Waals surface area contributed by atoms with Crippen molar-refractivity contribution in [3.8, 4) is 11.1 Å². The summed E-state index contributed by atoms with van der Waals surface area (Å²) in [6, 6.07) is 17.1. The van der Waals surface area contributed by atoms with Crippen LogP contribution in [0.4, 0.5) is 5.69 Å². The van der Waals surface area contributed by atoms with Gasteiger partial charge in [0.2, 0.25) is 5.91 Å². The van der Waals surface area contributed by atoms with Gasteiger partial charge in [-0.05, 0) is 29.8 Å². The zero-order valence-electron chi connectivity index (χ0n) is 14.1. The lowest BCUT2D eigenvalue weighted by Crippen LogP contribution is -2.27. The van der Waals surface area contributed by atoms with Crippen LogP contribution in [0.15, 0.2) is 75.6 Å². The molecule has 7 heteroatoms. The molecule has 0 saturated carbocycles. The van der Waals surface area contributed by atoms with Gasteiger partial charge in [-0.1, -0.05) is 46.3 Å². The molecule has 0 bridgehead atoms. The van der Waals surface area contributed by atoms with Gasteiger partial charge >= 0.3 is 0 Å². The highest BCUT2D eigenvalue weighted by Crippen LogP contribution is 2.30. The molecule has 1 N–H and O–H groups in total. The minimum absolute atomic E-state index is 0.0869. The number of carbonyl (C=O) groups is 1. The highest BCUT2D eigenvalue weighted by Gasteiger charge is 2.14. The zero-order valence-corrected chi connectivity index (χ0v) is 16.5. The van der Waals surface area contributed by atoms with Crippen molar-refractivity contribution >= 4 is 49.1 Å². The van der Waals surface area contributed by atoms with Gasteiger partial charge in [-0.2, -0.15) is 0 Å². The molecule has 0 radical (unpaired) electrons. The number of fused-ring (bicyclic) bond motifs is 1. The molecule has 0 aliphatic heterocycles. The highest BCUT2D eigenvalue weighted by molar-refractivity contribution is 9.10. The maximum atomic E-state index is 12.8. The molecular formula is C20H14BrN3O2S. The van der Waals surface area contributed by atoms with E-state index in [0.29, 0.717) is 15.9 Å². The van der Waals surface area contributed by atoms with Crippen molar-refractivity contribution in [1.29, 1.82) is 0 Å². The molecule has 134 valence electrons. The number of benzene rings is 2. The van der Waals surface area contributed by atoms with Crippen LogP contribution in [0.2, 0.25) is 0 Å². The second-order valence-corrected chi connectivity index (χ2v) is 7.72. The van der Waals surface area contributed by atoms with Crippen LogP contribution in [0.3, 0.4) is 0 Å². The molecule has 4 aromatic rings. The monoisotopic (exact) mass is 439 g/mol. The van der Waals surface area contributed by atoms with E-state index < -0.39 is 0 Å². The van der Waals surface area contributed by atoms with Crippen molar-refractivity contribution in [3.05, 3.63) is 81.1 Å². The van der Waals surface area contributed by atoms with Gasteiger partial charge < -0.3 is 5.32 Å². The first-order valence-electron chi connectivity index (χ1n) is 8.19. The van der Waals surface area contributed by atoms with E-state index >= 15 is 0 Å². The fourth-order valence-electron chi connectivity index (χ4n) is 2.77. The summed E-state index contributed by atoms with van der Waals surface area (Å²) in [5.74, 6) is -0.277. The van der Waals surface area contributed by atoms with Gasteiger partial charge in [-0.15, -0.1) is 11.3 Å². The lowest BCUT2D eigenvalue weighted by Gasteiger charge is -2.07. The lowest BCUT2D eigenvalue weighted by molar-refractivity contribution is -0.116. The van der Waals surface area contributed by atoms with E-state index in [9.17, 15) is 9.59 Å². The third-order valence-electron chi connectivity index (χ3n) is 4.07. The van der Waals surface area contributed by atoms with Crippen molar-refractivity contribution in [1.82, 2.24) is 9.55 Å². The van der Waals surface area contributed by atoms with Gasteiger partial charge in [0, 0.05) is 21.1 Å². The fourth-order valence-corrected chi connectivity index (χ4v) is 4.01. The zero-order chi connectivity index (χ0) is 18.8. The molecule has 4 rings (SSSR count). The summed E-state index contributed by atoms with van der Waals surface area (Å²) < 4.78 is 2.81. The minimum atomic E-state index is -0.277. The Kier molecular flexibility index (Phi) is 4.87. The summed E-state index contributed by atoms with van der Waals surface area (Å²) in [6.45, 7) is -0.0869. The van der Waals surface area contributed by atoms with Crippen LogP contribution in [0.5, 0.6) is 0 Å². The average molecular weight is 440 g/mol. The Labute approximate surface area is 167 Å². The number of rotatable bonds is 4. The summed E-state index contributed by atoms with van der Waals surface area (Å²) in [4.78, 5) is 29.5. The fraction of sp³-hybridized carbons (Fsp3) is 0.0500. The standard InChI is InChI=1S/C20H14BrN3O2S/c21-14-6-8-15(9-7-14)23-17(25)10-24-12-22-18-16(11-27-19(18)20(24)26)13-4-2-1-3-5-13/h1-9,11-12H,10H2,(H,23,25). The molecule has 1 amide bonds.